The molecule has 0 aliphatic rings. The third kappa shape index (κ3) is 1.77. The molecule has 0 aliphatic heterocycles. The minimum absolute atomic E-state index is 0.620. The van der Waals surface area contributed by atoms with Crippen LogP contribution in [-0.4, -0.2) is 0 Å². The van der Waals surface area contributed by atoms with Crippen molar-refractivity contribution in [1.29, 1.82) is 0 Å². The van der Waals surface area contributed by atoms with Crippen LogP contribution in [-0.2, 0) is 12.4 Å². The highest BCUT2D eigenvalue weighted by molar-refractivity contribution is 9.11. The molecule has 1 rings (SSSR count). The minimum atomic E-state index is 0.620. The molecule has 0 radical (unpaired) electrons. The molecule has 0 amide bonds. The lowest BCUT2D eigenvalue weighted by molar-refractivity contribution is -0.315. The summed E-state index contributed by atoms with van der Waals surface area (Å²) in [5, 5.41) is 0. The molecule has 1 aromatic carbocycles. The Morgan fingerprint density at radius 3 is 2.27 bits per heavy atom. The van der Waals surface area contributed by atoms with E-state index in [1.54, 1.807) is 0 Å². The van der Waals surface area contributed by atoms with Crippen LogP contribution in [0.2, 0.25) is 0 Å². The minimum Gasteiger partial charge on any atom is -0.392 e. The van der Waals surface area contributed by atoms with Crippen LogP contribution in [0.4, 0.5) is 11.4 Å². The van der Waals surface area contributed by atoms with Gasteiger partial charge in [0.05, 0.1) is 4.47 Å². The molecular weight excluding hydrogens is 292 g/mol. The van der Waals surface area contributed by atoms with Gasteiger partial charge in [-0.2, -0.15) is 0 Å². The average Bonchev–Trinajstić information content (AvgIpc) is 1.99. The van der Waals surface area contributed by atoms with Crippen molar-refractivity contribution in [2.45, 2.75) is 0 Å². The van der Waals surface area contributed by atoms with E-state index in [1.807, 2.05) is 12.1 Å². The van der Waals surface area contributed by atoms with Crippen molar-refractivity contribution in [2.24, 2.45) is 0 Å². The van der Waals surface area contributed by atoms with Gasteiger partial charge in [0.15, 0.2) is 0 Å². The van der Waals surface area contributed by atoms with Crippen LogP contribution >= 0.6 is 31.9 Å². The molecule has 2 nitrogen and oxygen atoms in total. The molecule has 0 atom stereocenters. The SMILES string of the molecule is Nc1c(Br)ccc(Br)c1[NH+]=S. The Kier molecular flexibility index (Phi) is 2.98. The van der Waals surface area contributed by atoms with Crippen molar-refractivity contribution in [3.8, 4) is 0 Å². The van der Waals surface area contributed by atoms with Gasteiger partial charge in [0, 0.05) is 4.47 Å². The van der Waals surface area contributed by atoms with Gasteiger partial charge < -0.3 is 5.73 Å². The molecule has 0 bridgehead atoms. The number of anilines is 1. The summed E-state index contributed by atoms with van der Waals surface area (Å²) in [6, 6.07) is 3.73. The molecule has 11 heavy (non-hydrogen) atoms. The van der Waals surface area contributed by atoms with Crippen LogP contribution in [0.3, 0.4) is 0 Å². The quantitative estimate of drug-likeness (QED) is 0.766. The van der Waals surface area contributed by atoms with Gasteiger partial charge >= 0.3 is 0 Å². The second kappa shape index (κ2) is 3.60. The fraction of sp³-hybridized carbons (Fsp3) is 0. The Morgan fingerprint density at radius 2 is 1.82 bits per heavy atom. The second-order valence-electron chi connectivity index (χ2n) is 1.92. The van der Waals surface area contributed by atoms with Crippen LogP contribution in [0, 0.1) is 0 Å². The summed E-state index contributed by atoms with van der Waals surface area (Å²) in [6.07, 6.45) is 0. The first-order valence-electron chi connectivity index (χ1n) is 2.78. The molecule has 0 unspecified atom stereocenters. The maximum Gasteiger partial charge on any atom is 0.268 e. The zero-order chi connectivity index (χ0) is 8.43. The molecule has 0 spiro atoms. The smallest absolute Gasteiger partial charge is 0.268 e. The Balaban J connectivity index is 3.40. The molecule has 0 fully saturated rings. The summed E-state index contributed by atoms with van der Waals surface area (Å²) in [7, 11) is 0. The van der Waals surface area contributed by atoms with E-state index in [0.29, 0.717) is 5.69 Å². The van der Waals surface area contributed by atoms with Gasteiger partial charge in [0.1, 0.15) is 5.69 Å². The summed E-state index contributed by atoms with van der Waals surface area (Å²) < 4.78 is 4.30. The number of benzene rings is 1. The number of nitrogens with one attached hydrogen (secondary N) is 1. The first-order chi connectivity index (χ1) is 5.16. The molecule has 1 aromatic rings. The maximum absolute atomic E-state index is 5.69. The van der Waals surface area contributed by atoms with E-state index in [2.05, 4.69) is 48.6 Å². The summed E-state index contributed by atoms with van der Waals surface area (Å²) in [5.74, 6) is 0. The lowest BCUT2D eigenvalue weighted by atomic mass is 10.3. The van der Waals surface area contributed by atoms with Gasteiger partial charge in [-0.05, 0) is 44.0 Å². The first kappa shape index (κ1) is 9.09. The topological polar surface area (TPSA) is 40.0 Å². The third-order valence-electron chi connectivity index (χ3n) is 1.24. The Hall–Kier alpha value is -0.0000000000000000833. The summed E-state index contributed by atoms with van der Waals surface area (Å²) >= 11 is 11.3. The van der Waals surface area contributed by atoms with Crippen molar-refractivity contribution in [1.82, 2.24) is 0 Å². The van der Waals surface area contributed by atoms with Crippen molar-refractivity contribution < 1.29 is 4.36 Å². The second-order valence-corrected chi connectivity index (χ2v) is 3.83. The normalized spacial score (nSPS) is 9.64. The first-order valence-corrected chi connectivity index (χ1v) is 4.78. The molecule has 0 saturated carbocycles. The highest BCUT2D eigenvalue weighted by atomic mass is 79.9. The van der Waals surface area contributed by atoms with Crippen molar-refractivity contribution >= 4 is 55.7 Å². The van der Waals surface area contributed by atoms with E-state index in [9.17, 15) is 0 Å². The highest BCUT2D eigenvalue weighted by Gasteiger charge is 2.11. The van der Waals surface area contributed by atoms with E-state index < -0.39 is 0 Å². The Morgan fingerprint density at radius 1 is 1.27 bits per heavy atom. The monoisotopic (exact) mass is 295 g/mol. The molecule has 5 heteroatoms. The Labute approximate surface area is 86.6 Å². The maximum atomic E-state index is 5.69. The fourth-order valence-electron chi connectivity index (χ4n) is 0.671. The van der Waals surface area contributed by atoms with E-state index in [0.717, 1.165) is 14.6 Å². The van der Waals surface area contributed by atoms with E-state index in [4.69, 9.17) is 5.73 Å². The standard InChI is InChI=1S/C6H4Br2N2S/c7-3-1-2-4(8)6(10-11)5(3)9/h1-2H,9H2/p+1. The number of rotatable bonds is 1. The Bertz CT molecular complexity index is 301. The van der Waals surface area contributed by atoms with Gasteiger partial charge in [-0.1, -0.05) is 0 Å². The number of halogens is 2. The van der Waals surface area contributed by atoms with Gasteiger partial charge in [-0.15, -0.1) is 4.36 Å². The van der Waals surface area contributed by atoms with Crippen LogP contribution in [0.15, 0.2) is 21.1 Å². The number of hydrogen-bond donors (Lipinski definition) is 2. The van der Waals surface area contributed by atoms with Gasteiger partial charge in [-0.25, -0.2) is 0 Å². The summed E-state index contributed by atoms with van der Waals surface area (Å²) in [6.45, 7) is 0. The lowest BCUT2D eigenvalue weighted by Crippen LogP contribution is -2.56. The summed E-state index contributed by atoms with van der Waals surface area (Å²) in [4.78, 5) is 0. The molecule has 0 aliphatic carbocycles. The largest absolute Gasteiger partial charge is 0.392 e. The predicted molar refractivity (Wildman–Crippen MR) is 54.2 cm³/mol. The summed E-state index contributed by atoms with van der Waals surface area (Å²) in [5.41, 5.74) is 7.04. The van der Waals surface area contributed by atoms with Gasteiger partial charge in [0.25, 0.3) is 18.1 Å². The van der Waals surface area contributed by atoms with Crippen LogP contribution in [0.1, 0.15) is 0 Å². The lowest BCUT2D eigenvalue weighted by Gasteiger charge is -1.97. The average molecular weight is 297 g/mol. The van der Waals surface area contributed by atoms with Gasteiger partial charge in [0.2, 0.25) is 0 Å². The van der Waals surface area contributed by atoms with Crippen LogP contribution in [0.25, 0.3) is 0 Å². The fourth-order valence-corrected chi connectivity index (χ4v) is 1.80. The molecule has 0 saturated heterocycles. The highest BCUT2D eigenvalue weighted by Crippen LogP contribution is 2.30. The zero-order valence-corrected chi connectivity index (χ0v) is 9.38. The van der Waals surface area contributed by atoms with E-state index in [-0.39, 0.29) is 0 Å². The predicted octanol–water partition coefficient (Wildman–Crippen LogP) is 1.24. The molecule has 58 valence electrons. The number of hydrogen-bond acceptors (Lipinski definition) is 2. The zero-order valence-electron chi connectivity index (χ0n) is 5.40. The molecule has 0 aromatic heterocycles. The molecule has 3 N–H and O–H groups in total. The third-order valence-corrected chi connectivity index (χ3v) is 2.80. The van der Waals surface area contributed by atoms with Crippen molar-refractivity contribution in [3.63, 3.8) is 0 Å². The van der Waals surface area contributed by atoms with Crippen molar-refractivity contribution in [2.75, 3.05) is 5.73 Å². The van der Waals surface area contributed by atoms with Crippen LogP contribution in [0.5, 0.6) is 0 Å². The molecular formula is C6H5Br2N2S+. The number of nitrogen functional groups attached to an aromatic ring is 1. The van der Waals surface area contributed by atoms with Crippen molar-refractivity contribution in [3.05, 3.63) is 21.1 Å². The van der Waals surface area contributed by atoms with E-state index >= 15 is 0 Å². The van der Waals surface area contributed by atoms with Gasteiger partial charge in [-0.3, -0.25) is 0 Å². The van der Waals surface area contributed by atoms with E-state index in [1.165, 1.54) is 0 Å². The van der Waals surface area contributed by atoms with Crippen LogP contribution < -0.4 is 10.1 Å². The molecule has 0 heterocycles. The number of nitrogens with two attached hydrogens (primary N) is 1.